The van der Waals surface area contributed by atoms with E-state index in [2.05, 4.69) is 5.32 Å². The average Bonchev–Trinajstić information content (AvgIpc) is 2.48. The highest BCUT2D eigenvalue weighted by molar-refractivity contribution is 8.00. The van der Waals surface area contributed by atoms with Gasteiger partial charge in [-0.3, -0.25) is 9.59 Å². The zero-order valence-corrected chi connectivity index (χ0v) is 13.2. The van der Waals surface area contributed by atoms with Crippen molar-refractivity contribution < 1.29 is 14.3 Å². The molecular weight excluding hydrogens is 288 g/mol. The smallest absolute Gasteiger partial charge is 0.322 e. The minimum absolute atomic E-state index is 0.0593. The molecule has 1 amide bonds. The summed E-state index contributed by atoms with van der Waals surface area (Å²) in [7, 11) is 0. The number of nitrogens with one attached hydrogen (secondary N) is 1. The zero-order chi connectivity index (χ0) is 15.7. The predicted octanol–water partition coefficient (Wildman–Crippen LogP) is 2.03. The number of carbonyl (C=O) groups is 2. The van der Waals surface area contributed by atoms with Crippen LogP contribution in [-0.2, 0) is 14.3 Å². The van der Waals surface area contributed by atoms with E-state index in [4.69, 9.17) is 10.5 Å². The van der Waals surface area contributed by atoms with Crippen molar-refractivity contribution in [2.45, 2.75) is 31.6 Å². The Labute approximate surface area is 129 Å². The number of ether oxygens (including phenoxy) is 1. The number of rotatable bonds is 8. The van der Waals surface area contributed by atoms with Gasteiger partial charge in [0.25, 0.3) is 0 Å². The Hall–Kier alpha value is -1.53. The molecule has 6 heteroatoms. The van der Waals surface area contributed by atoms with Gasteiger partial charge >= 0.3 is 5.97 Å². The highest BCUT2D eigenvalue weighted by atomic mass is 32.2. The van der Waals surface area contributed by atoms with Crippen LogP contribution in [0.25, 0.3) is 0 Å². The van der Waals surface area contributed by atoms with Crippen LogP contribution < -0.4 is 11.1 Å². The molecule has 0 heterocycles. The van der Waals surface area contributed by atoms with Gasteiger partial charge in [0, 0.05) is 5.69 Å². The fraction of sp³-hybridized carbons (Fsp3) is 0.467. The van der Waals surface area contributed by atoms with Crippen LogP contribution in [0.1, 0.15) is 20.3 Å². The zero-order valence-electron chi connectivity index (χ0n) is 12.4. The van der Waals surface area contributed by atoms with Crippen molar-refractivity contribution in [3.05, 3.63) is 30.3 Å². The second kappa shape index (κ2) is 9.41. The summed E-state index contributed by atoms with van der Waals surface area (Å²) in [4.78, 5) is 23.3. The van der Waals surface area contributed by atoms with Crippen LogP contribution in [0.3, 0.4) is 0 Å². The summed E-state index contributed by atoms with van der Waals surface area (Å²) in [5.74, 6) is 0.180. The maximum absolute atomic E-state index is 12.0. The number of esters is 1. The van der Waals surface area contributed by atoms with E-state index in [0.29, 0.717) is 18.8 Å². The van der Waals surface area contributed by atoms with Crippen molar-refractivity contribution in [3.63, 3.8) is 0 Å². The van der Waals surface area contributed by atoms with Crippen LogP contribution in [0.2, 0.25) is 0 Å². The molecule has 0 bridgehead atoms. The molecule has 0 aliphatic rings. The molecule has 0 radical (unpaired) electrons. The Kier molecular flexibility index (Phi) is 7.85. The monoisotopic (exact) mass is 310 g/mol. The van der Waals surface area contributed by atoms with Crippen LogP contribution in [-0.4, -0.2) is 35.5 Å². The van der Waals surface area contributed by atoms with E-state index in [0.717, 1.165) is 5.69 Å². The molecule has 2 unspecified atom stereocenters. The van der Waals surface area contributed by atoms with Crippen LogP contribution in [0.4, 0.5) is 5.69 Å². The fourth-order valence-corrected chi connectivity index (χ4v) is 2.53. The van der Waals surface area contributed by atoms with E-state index < -0.39 is 6.04 Å². The van der Waals surface area contributed by atoms with Gasteiger partial charge in [-0.25, -0.2) is 0 Å². The first-order chi connectivity index (χ1) is 10.0. The van der Waals surface area contributed by atoms with Crippen molar-refractivity contribution in [3.8, 4) is 0 Å². The molecule has 0 saturated carbocycles. The minimum Gasteiger partial charge on any atom is -0.465 e. The van der Waals surface area contributed by atoms with Gasteiger partial charge in [-0.15, -0.1) is 11.8 Å². The number of hydrogen-bond donors (Lipinski definition) is 2. The molecule has 116 valence electrons. The third kappa shape index (κ3) is 6.64. The number of hydrogen-bond acceptors (Lipinski definition) is 5. The van der Waals surface area contributed by atoms with Gasteiger partial charge in [0.2, 0.25) is 5.91 Å². The van der Waals surface area contributed by atoms with E-state index in [-0.39, 0.29) is 17.1 Å². The van der Waals surface area contributed by atoms with Gasteiger partial charge in [0.15, 0.2) is 0 Å². The quantitative estimate of drug-likeness (QED) is 0.718. The topological polar surface area (TPSA) is 81.4 Å². The molecule has 1 rings (SSSR count). The summed E-state index contributed by atoms with van der Waals surface area (Å²) in [6.45, 7) is 3.91. The summed E-state index contributed by atoms with van der Waals surface area (Å²) < 4.78 is 4.84. The molecule has 5 nitrogen and oxygen atoms in total. The van der Waals surface area contributed by atoms with Crippen molar-refractivity contribution >= 4 is 29.3 Å². The molecule has 21 heavy (non-hydrogen) atoms. The van der Waals surface area contributed by atoms with E-state index in [1.807, 2.05) is 37.3 Å². The number of amides is 1. The summed E-state index contributed by atoms with van der Waals surface area (Å²) >= 11 is 1.47. The van der Waals surface area contributed by atoms with Crippen molar-refractivity contribution in [2.24, 2.45) is 5.73 Å². The Balaban J connectivity index is 2.28. The van der Waals surface area contributed by atoms with Crippen molar-refractivity contribution in [1.82, 2.24) is 0 Å². The molecule has 0 aliphatic heterocycles. The molecule has 3 N–H and O–H groups in total. The van der Waals surface area contributed by atoms with Crippen molar-refractivity contribution in [2.75, 3.05) is 17.7 Å². The van der Waals surface area contributed by atoms with E-state index in [1.165, 1.54) is 11.8 Å². The lowest BCUT2D eigenvalue weighted by Crippen LogP contribution is -2.33. The Bertz CT molecular complexity index is 453. The molecule has 0 spiro atoms. The lowest BCUT2D eigenvalue weighted by molar-refractivity contribution is -0.144. The van der Waals surface area contributed by atoms with Gasteiger partial charge in [-0.2, -0.15) is 0 Å². The van der Waals surface area contributed by atoms with Crippen molar-refractivity contribution in [1.29, 1.82) is 0 Å². The SMILES string of the molecule is CCOC(=O)C(N)CCSC(C)C(=O)Nc1ccccc1. The number of anilines is 1. The first-order valence-electron chi connectivity index (χ1n) is 6.94. The summed E-state index contributed by atoms with van der Waals surface area (Å²) in [5, 5.41) is 2.63. The predicted molar refractivity (Wildman–Crippen MR) is 86.2 cm³/mol. The maximum atomic E-state index is 12.0. The first kappa shape index (κ1) is 17.5. The third-order valence-electron chi connectivity index (χ3n) is 2.80. The molecule has 1 aromatic carbocycles. The van der Waals surface area contributed by atoms with Crippen LogP contribution >= 0.6 is 11.8 Å². The molecule has 0 aliphatic carbocycles. The molecule has 1 aromatic rings. The number of para-hydroxylation sites is 1. The lowest BCUT2D eigenvalue weighted by Gasteiger charge is -2.14. The fourth-order valence-electron chi connectivity index (χ4n) is 1.58. The normalized spacial score (nSPS) is 13.3. The number of benzene rings is 1. The highest BCUT2D eigenvalue weighted by Gasteiger charge is 2.17. The van der Waals surface area contributed by atoms with Gasteiger partial charge in [0.05, 0.1) is 11.9 Å². The Morgan fingerprint density at radius 3 is 2.62 bits per heavy atom. The average molecular weight is 310 g/mol. The standard InChI is InChI=1S/C15H22N2O3S/c1-3-20-15(19)13(16)9-10-21-11(2)14(18)17-12-7-5-4-6-8-12/h4-8,11,13H,3,9-10,16H2,1-2H3,(H,17,18). The minimum atomic E-state index is -0.623. The lowest BCUT2D eigenvalue weighted by atomic mass is 10.2. The second-order valence-electron chi connectivity index (χ2n) is 4.52. The number of nitrogens with two attached hydrogens (primary N) is 1. The second-order valence-corrected chi connectivity index (χ2v) is 5.96. The van der Waals surface area contributed by atoms with E-state index in [9.17, 15) is 9.59 Å². The largest absolute Gasteiger partial charge is 0.465 e. The van der Waals surface area contributed by atoms with E-state index in [1.54, 1.807) is 6.92 Å². The number of thioether (sulfide) groups is 1. The van der Waals surface area contributed by atoms with Gasteiger partial charge in [-0.05, 0) is 38.2 Å². The Morgan fingerprint density at radius 2 is 2.00 bits per heavy atom. The van der Waals surface area contributed by atoms with Gasteiger partial charge < -0.3 is 15.8 Å². The highest BCUT2D eigenvalue weighted by Crippen LogP contribution is 2.15. The molecule has 0 fully saturated rings. The Morgan fingerprint density at radius 1 is 1.33 bits per heavy atom. The number of carbonyl (C=O) groups excluding carboxylic acids is 2. The van der Waals surface area contributed by atoms with E-state index >= 15 is 0 Å². The van der Waals surface area contributed by atoms with Gasteiger partial charge in [0.1, 0.15) is 6.04 Å². The van der Waals surface area contributed by atoms with Crippen LogP contribution in [0, 0.1) is 0 Å². The summed E-state index contributed by atoms with van der Waals surface area (Å²) in [5.41, 5.74) is 6.48. The third-order valence-corrected chi connectivity index (χ3v) is 3.98. The summed E-state index contributed by atoms with van der Waals surface area (Å²) in [6, 6.07) is 8.68. The molecule has 0 saturated heterocycles. The molecule has 0 aromatic heterocycles. The summed E-state index contributed by atoms with van der Waals surface area (Å²) in [6.07, 6.45) is 0.493. The molecule has 2 atom stereocenters. The first-order valence-corrected chi connectivity index (χ1v) is 7.99. The van der Waals surface area contributed by atoms with Crippen LogP contribution in [0.15, 0.2) is 30.3 Å². The van der Waals surface area contributed by atoms with Gasteiger partial charge in [-0.1, -0.05) is 18.2 Å². The van der Waals surface area contributed by atoms with Crippen LogP contribution in [0.5, 0.6) is 0 Å². The molecular formula is C15H22N2O3S. The maximum Gasteiger partial charge on any atom is 0.322 e.